The first-order valence-electron chi connectivity index (χ1n) is 3.16. The molecule has 0 N–H and O–H groups in total. The molecule has 0 aromatic rings. The van der Waals surface area contributed by atoms with Crippen LogP contribution in [0.2, 0.25) is 11.0 Å². The van der Waals surface area contributed by atoms with Gasteiger partial charge in [-0.2, -0.15) is 0 Å². The maximum absolute atomic E-state index is 2.42. The van der Waals surface area contributed by atoms with Gasteiger partial charge in [-0.15, -0.1) is 0 Å². The number of rotatable bonds is 1. The SMILES string of the molecule is [CH3][Ga]([CH3])[C]1=CC=CC1. The zero-order valence-corrected chi connectivity index (χ0v) is 7.94. The van der Waals surface area contributed by atoms with E-state index < -0.39 is 16.2 Å². The monoisotopic (exact) mass is 164 g/mol. The molecule has 0 spiro atoms. The second-order valence-electron chi connectivity index (χ2n) is 2.53. The average Bonchev–Trinajstić information content (AvgIpc) is 2.12. The summed E-state index contributed by atoms with van der Waals surface area (Å²) in [5.74, 6) is 0. The normalized spacial score (nSPS) is 16.5. The molecule has 0 saturated carbocycles. The zero-order chi connectivity index (χ0) is 5.98. The van der Waals surface area contributed by atoms with Gasteiger partial charge in [0.05, 0.1) is 0 Å². The standard InChI is InChI=1S/C5H5.2CH3.Ga/c1-2-4-5-3-1;;;/h1-3H,4H2;2*1H3;. The van der Waals surface area contributed by atoms with E-state index in [2.05, 4.69) is 29.2 Å². The van der Waals surface area contributed by atoms with E-state index in [0.717, 1.165) is 0 Å². The minimum absolute atomic E-state index is 0.832. The van der Waals surface area contributed by atoms with Gasteiger partial charge in [-0.1, -0.05) is 0 Å². The minimum atomic E-state index is -0.832. The van der Waals surface area contributed by atoms with Crippen LogP contribution in [-0.2, 0) is 0 Å². The van der Waals surface area contributed by atoms with Crippen molar-refractivity contribution >= 4 is 16.2 Å². The van der Waals surface area contributed by atoms with E-state index in [4.69, 9.17) is 0 Å². The first-order chi connectivity index (χ1) is 3.80. The third kappa shape index (κ3) is 1.30. The molecular weight excluding hydrogens is 154 g/mol. The number of hydrogen-bond donors (Lipinski definition) is 0. The van der Waals surface area contributed by atoms with Gasteiger partial charge in [-0.3, -0.25) is 0 Å². The van der Waals surface area contributed by atoms with Crippen LogP contribution >= 0.6 is 0 Å². The first kappa shape index (κ1) is 6.24. The maximum atomic E-state index is 2.42. The predicted molar refractivity (Wildman–Crippen MR) is 39.3 cm³/mol. The molecule has 0 fully saturated rings. The van der Waals surface area contributed by atoms with Crippen LogP contribution in [-0.4, -0.2) is 16.2 Å². The van der Waals surface area contributed by atoms with Crippen molar-refractivity contribution in [1.82, 2.24) is 0 Å². The second kappa shape index (κ2) is 2.60. The van der Waals surface area contributed by atoms with Crippen molar-refractivity contribution in [3.63, 3.8) is 0 Å². The molecule has 0 bridgehead atoms. The Bertz CT molecular complexity index is 131. The summed E-state index contributed by atoms with van der Waals surface area (Å²) in [5.41, 5.74) is 4.84. The van der Waals surface area contributed by atoms with Crippen LogP contribution in [0.5, 0.6) is 0 Å². The molecule has 1 rings (SSSR count). The Balaban J connectivity index is 2.51. The molecule has 0 nitrogen and oxygen atoms in total. The van der Waals surface area contributed by atoms with Crippen molar-refractivity contribution in [1.29, 1.82) is 0 Å². The van der Waals surface area contributed by atoms with Crippen molar-refractivity contribution < 1.29 is 0 Å². The Morgan fingerprint density at radius 3 is 2.50 bits per heavy atom. The molecule has 0 amide bonds. The first-order valence-corrected chi connectivity index (χ1v) is 9.22. The molecule has 0 aromatic heterocycles. The summed E-state index contributed by atoms with van der Waals surface area (Å²) in [6.45, 7) is 0. The summed E-state index contributed by atoms with van der Waals surface area (Å²) in [4.78, 5) is 0. The fraction of sp³-hybridized carbons (Fsp3) is 0.429. The van der Waals surface area contributed by atoms with Gasteiger partial charge in [-0.05, 0) is 0 Å². The second-order valence-corrected chi connectivity index (χ2v) is 8.93. The van der Waals surface area contributed by atoms with E-state index in [0.29, 0.717) is 0 Å². The van der Waals surface area contributed by atoms with E-state index in [1.54, 1.807) is 4.13 Å². The van der Waals surface area contributed by atoms with Crippen LogP contribution in [0.3, 0.4) is 0 Å². The van der Waals surface area contributed by atoms with Gasteiger partial charge in [0.2, 0.25) is 0 Å². The number of hydrogen-bond acceptors (Lipinski definition) is 0. The van der Waals surface area contributed by atoms with E-state index in [1.165, 1.54) is 6.42 Å². The summed E-state index contributed by atoms with van der Waals surface area (Å²) < 4.78 is 1.75. The zero-order valence-electron chi connectivity index (χ0n) is 5.52. The molecule has 42 valence electrons. The molecule has 1 aliphatic carbocycles. The Hall–Kier alpha value is 0.116. The van der Waals surface area contributed by atoms with Crippen LogP contribution in [0.4, 0.5) is 0 Å². The van der Waals surface area contributed by atoms with Gasteiger partial charge in [0, 0.05) is 0 Å². The van der Waals surface area contributed by atoms with E-state index in [-0.39, 0.29) is 0 Å². The van der Waals surface area contributed by atoms with Crippen LogP contribution in [0, 0.1) is 0 Å². The van der Waals surface area contributed by atoms with Crippen LogP contribution < -0.4 is 0 Å². The van der Waals surface area contributed by atoms with E-state index in [1.807, 2.05) is 0 Å². The third-order valence-corrected chi connectivity index (χ3v) is 5.55. The van der Waals surface area contributed by atoms with Crippen molar-refractivity contribution in [2.24, 2.45) is 0 Å². The molecule has 0 saturated heterocycles. The van der Waals surface area contributed by atoms with Crippen molar-refractivity contribution in [3.8, 4) is 0 Å². The van der Waals surface area contributed by atoms with Gasteiger partial charge in [0.15, 0.2) is 0 Å². The van der Waals surface area contributed by atoms with Crippen LogP contribution in [0.15, 0.2) is 22.4 Å². The Morgan fingerprint density at radius 1 is 1.50 bits per heavy atom. The molecule has 0 unspecified atom stereocenters. The molecule has 0 radical (unpaired) electrons. The number of allylic oxidation sites excluding steroid dienone is 4. The summed E-state index contributed by atoms with van der Waals surface area (Å²) >= 11 is -0.832. The van der Waals surface area contributed by atoms with Crippen molar-refractivity contribution in [2.75, 3.05) is 0 Å². The molecule has 0 aliphatic heterocycles. The molecule has 0 atom stereocenters. The fourth-order valence-corrected chi connectivity index (χ4v) is 3.21. The summed E-state index contributed by atoms with van der Waals surface area (Å²) in [5, 5.41) is 0. The summed E-state index contributed by atoms with van der Waals surface area (Å²) in [6, 6.07) is 0. The van der Waals surface area contributed by atoms with Crippen molar-refractivity contribution in [2.45, 2.75) is 17.4 Å². The quantitative estimate of drug-likeness (QED) is 0.522. The van der Waals surface area contributed by atoms with Crippen LogP contribution in [0.1, 0.15) is 6.42 Å². The average molecular weight is 165 g/mol. The Kier molecular flexibility index (Phi) is 2.03. The molecule has 8 heavy (non-hydrogen) atoms. The van der Waals surface area contributed by atoms with Gasteiger partial charge in [-0.25, -0.2) is 0 Å². The summed E-state index contributed by atoms with van der Waals surface area (Å²) in [7, 11) is 0. The van der Waals surface area contributed by atoms with Gasteiger partial charge >= 0.3 is 56.0 Å². The van der Waals surface area contributed by atoms with Crippen LogP contribution in [0.25, 0.3) is 0 Å². The van der Waals surface area contributed by atoms with Crippen molar-refractivity contribution in [3.05, 3.63) is 22.4 Å². The molecule has 1 aliphatic rings. The van der Waals surface area contributed by atoms with Gasteiger partial charge in [0.25, 0.3) is 0 Å². The Labute approximate surface area is 56.3 Å². The molecule has 0 aromatic carbocycles. The molecular formula is C7H11Ga. The third-order valence-electron chi connectivity index (χ3n) is 1.54. The fourth-order valence-electron chi connectivity index (χ4n) is 0.892. The molecule has 0 heterocycles. The van der Waals surface area contributed by atoms with E-state index in [9.17, 15) is 0 Å². The van der Waals surface area contributed by atoms with E-state index >= 15 is 0 Å². The van der Waals surface area contributed by atoms with Gasteiger partial charge < -0.3 is 0 Å². The molecule has 1 heteroatoms. The Morgan fingerprint density at radius 2 is 2.25 bits per heavy atom. The van der Waals surface area contributed by atoms with Gasteiger partial charge in [0.1, 0.15) is 0 Å². The predicted octanol–water partition coefficient (Wildman–Crippen LogP) is 2.17. The summed E-state index contributed by atoms with van der Waals surface area (Å²) in [6.07, 6.45) is 7.99. The topological polar surface area (TPSA) is 0 Å².